The molecule has 1 fully saturated rings. The number of nitrogens with two attached hydrogens (primary N) is 2. The second kappa shape index (κ2) is 4.14. The molecule has 2 unspecified atom stereocenters. The number of thioether (sulfide) groups is 1. The van der Waals surface area contributed by atoms with E-state index in [-0.39, 0.29) is 5.91 Å². The van der Waals surface area contributed by atoms with E-state index in [0.29, 0.717) is 18.1 Å². The third kappa shape index (κ3) is 2.10. The van der Waals surface area contributed by atoms with Crippen LogP contribution in [0.1, 0.15) is 25.0 Å². The molecule has 1 aromatic rings. The topological polar surface area (TPSA) is 82.2 Å². The molecule has 1 aliphatic carbocycles. The molecular weight excluding hydrogens is 224 g/mol. The highest BCUT2D eigenvalue weighted by Gasteiger charge is 2.41. The van der Waals surface area contributed by atoms with Crippen molar-refractivity contribution in [2.24, 2.45) is 11.5 Å². The number of hydrogen-bond acceptors (Lipinski definition) is 4. The van der Waals surface area contributed by atoms with Crippen molar-refractivity contribution in [3.8, 4) is 0 Å². The van der Waals surface area contributed by atoms with Crippen molar-refractivity contribution in [1.82, 2.24) is 0 Å². The van der Waals surface area contributed by atoms with Gasteiger partial charge in [0.05, 0.1) is 11.8 Å². The monoisotopic (exact) mass is 240 g/mol. The lowest BCUT2D eigenvalue weighted by atomic mass is 9.99. The highest BCUT2D eigenvalue weighted by Crippen LogP contribution is 2.40. The van der Waals surface area contributed by atoms with Crippen molar-refractivity contribution in [2.45, 2.75) is 41.9 Å². The lowest BCUT2D eigenvalue weighted by Crippen LogP contribution is -2.50. The molecule has 1 saturated carbocycles. The Morgan fingerprint density at radius 3 is 2.94 bits per heavy atom. The van der Waals surface area contributed by atoms with Gasteiger partial charge >= 0.3 is 0 Å². The Morgan fingerprint density at radius 1 is 1.69 bits per heavy atom. The molecule has 0 aromatic carbocycles. The van der Waals surface area contributed by atoms with Crippen LogP contribution < -0.4 is 11.5 Å². The molecule has 4 N–H and O–H groups in total. The summed E-state index contributed by atoms with van der Waals surface area (Å²) in [7, 11) is 0. The molecule has 0 spiro atoms. The van der Waals surface area contributed by atoms with Gasteiger partial charge < -0.3 is 15.9 Å². The first-order valence-corrected chi connectivity index (χ1v) is 6.19. The fourth-order valence-corrected chi connectivity index (χ4v) is 3.35. The van der Waals surface area contributed by atoms with E-state index in [0.717, 1.165) is 17.1 Å². The van der Waals surface area contributed by atoms with E-state index >= 15 is 0 Å². The zero-order valence-corrected chi connectivity index (χ0v) is 10.0. The van der Waals surface area contributed by atoms with Crippen LogP contribution in [0.4, 0.5) is 0 Å². The highest BCUT2D eigenvalue weighted by molar-refractivity contribution is 8.00. The third-order valence-corrected chi connectivity index (χ3v) is 4.51. The lowest BCUT2D eigenvalue weighted by Gasteiger charge is -2.19. The predicted octanol–water partition coefficient (Wildman–Crippen LogP) is 1.42. The Hall–Kier alpha value is -0.940. The first-order valence-electron chi connectivity index (χ1n) is 5.31. The van der Waals surface area contributed by atoms with Crippen LogP contribution >= 0.6 is 11.8 Å². The fraction of sp³-hybridized carbons (Fsp3) is 0.545. The summed E-state index contributed by atoms with van der Waals surface area (Å²) < 4.78 is 5.23. The van der Waals surface area contributed by atoms with Crippen LogP contribution in [-0.4, -0.2) is 16.7 Å². The zero-order chi connectivity index (χ0) is 11.8. The molecule has 0 aliphatic heterocycles. The number of rotatable bonds is 3. The lowest BCUT2D eigenvalue weighted by molar-refractivity contribution is -0.122. The average molecular weight is 240 g/mol. The van der Waals surface area contributed by atoms with Crippen molar-refractivity contribution in [2.75, 3.05) is 0 Å². The number of carbonyl (C=O) groups is 1. The number of carbonyl (C=O) groups excluding carboxylic acids is 1. The van der Waals surface area contributed by atoms with E-state index < -0.39 is 5.54 Å². The molecule has 16 heavy (non-hydrogen) atoms. The van der Waals surface area contributed by atoms with Gasteiger partial charge in [0.15, 0.2) is 0 Å². The maximum atomic E-state index is 11.2. The summed E-state index contributed by atoms with van der Waals surface area (Å²) in [6.45, 7) is 1.93. The summed E-state index contributed by atoms with van der Waals surface area (Å²) in [4.78, 5) is 12.3. The number of aryl methyl sites for hydroxylation is 1. The Bertz CT molecular complexity index is 404. The van der Waals surface area contributed by atoms with Crippen LogP contribution in [0.25, 0.3) is 0 Å². The fourth-order valence-electron chi connectivity index (χ4n) is 2.03. The highest BCUT2D eigenvalue weighted by atomic mass is 32.2. The third-order valence-electron chi connectivity index (χ3n) is 3.10. The molecule has 0 saturated heterocycles. The van der Waals surface area contributed by atoms with Gasteiger partial charge in [-0.1, -0.05) is 0 Å². The summed E-state index contributed by atoms with van der Waals surface area (Å²) in [6, 6.07) is 1.95. The minimum atomic E-state index is -0.810. The van der Waals surface area contributed by atoms with Crippen molar-refractivity contribution in [3.05, 3.63) is 18.1 Å². The van der Waals surface area contributed by atoms with Gasteiger partial charge in [-0.3, -0.25) is 4.79 Å². The van der Waals surface area contributed by atoms with Crippen LogP contribution in [0.2, 0.25) is 0 Å². The molecule has 0 radical (unpaired) electrons. The van der Waals surface area contributed by atoms with Gasteiger partial charge in [0.2, 0.25) is 5.91 Å². The molecule has 1 aliphatic rings. The minimum absolute atomic E-state index is 0.355. The van der Waals surface area contributed by atoms with Crippen molar-refractivity contribution < 1.29 is 9.21 Å². The standard InChI is InChI=1S/C11H16N2O2S/c1-7-9(3-5-15-7)16-8-2-4-11(13,6-8)10(12)14/h3,5,8H,2,4,6,13H2,1H3,(H2,12,14). The zero-order valence-electron chi connectivity index (χ0n) is 9.23. The second-order valence-electron chi connectivity index (χ2n) is 4.34. The summed E-state index contributed by atoms with van der Waals surface area (Å²) in [6.07, 6.45) is 3.93. The number of primary amides is 1. The van der Waals surface area contributed by atoms with E-state index in [2.05, 4.69) is 0 Å². The van der Waals surface area contributed by atoms with Gasteiger partial charge in [0.1, 0.15) is 5.76 Å². The Labute approximate surface area is 98.7 Å². The summed E-state index contributed by atoms with van der Waals surface area (Å²) in [5, 5.41) is 0.355. The molecule has 2 rings (SSSR count). The maximum Gasteiger partial charge on any atom is 0.237 e. The second-order valence-corrected chi connectivity index (χ2v) is 5.69. The summed E-state index contributed by atoms with van der Waals surface area (Å²) in [5.41, 5.74) is 10.4. The van der Waals surface area contributed by atoms with Crippen LogP contribution in [0.3, 0.4) is 0 Å². The first kappa shape index (κ1) is 11.5. The van der Waals surface area contributed by atoms with Crippen LogP contribution in [-0.2, 0) is 4.79 Å². The Kier molecular flexibility index (Phi) is 2.99. The van der Waals surface area contributed by atoms with E-state index in [9.17, 15) is 4.79 Å². The Morgan fingerprint density at radius 2 is 2.44 bits per heavy atom. The molecule has 1 aromatic heterocycles. The SMILES string of the molecule is Cc1occc1SC1CCC(N)(C(N)=O)C1. The summed E-state index contributed by atoms with van der Waals surface area (Å²) >= 11 is 1.72. The van der Waals surface area contributed by atoms with E-state index in [1.54, 1.807) is 18.0 Å². The van der Waals surface area contributed by atoms with Crippen LogP contribution in [0, 0.1) is 6.92 Å². The molecular formula is C11H16N2O2S. The molecule has 5 heteroatoms. The van der Waals surface area contributed by atoms with Gasteiger partial charge in [-0.2, -0.15) is 0 Å². The van der Waals surface area contributed by atoms with Crippen molar-refractivity contribution in [3.63, 3.8) is 0 Å². The van der Waals surface area contributed by atoms with Gasteiger partial charge in [-0.25, -0.2) is 0 Å². The molecule has 1 amide bonds. The van der Waals surface area contributed by atoms with Gasteiger partial charge in [-0.15, -0.1) is 11.8 Å². The normalized spacial score (nSPS) is 29.5. The minimum Gasteiger partial charge on any atom is -0.468 e. The Balaban J connectivity index is 2.00. The molecule has 4 nitrogen and oxygen atoms in total. The number of amides is 1. The average Bonchev–Trinajstić information content (AvgIpc) is 2.77. The smallest absolute Gasteiger partial charge is 0.237 e. The predicted molar refractivity (Wildman–Crippen MR) is 63.1 cm³/mol. The maximum absolute atomic E-state index is 11.2. The summed E-state index contributed by atoms with van der Waals surface area (Å²) in [5.74, 6) is 0.526. The van der Waals surface area contributed by atoms with E-state index in [1.807, 2.05) is 13.0 Å². The number of hydrogen-bond donors (Lipinski definition) is 2. The number of furan rings is 1. The molecule has 0 bridgehead atoms. The molecule has 1 heterocycles. The van der Waals surface area contributed by atoms with Gasteiger partial charge in [0.25, 0.3) is 0 Å². The van der Waals surface area contributed by atoms with Crippen LogP contribution in [0.5, 0.6) is 0 Å². The van der Waals surface area contributed by atoms with Gasteiger partial charge in [0, 0.05) is 10.1 Å². The first-order chi connectivity index (χ1) is 7.51. The van der Waals surface area contributed by atoms with Gasteiger partial charge in [-0.05, 0) is 32.3 Å². The van der Waals surface area contributed by atoms with Crippen molar-refractivity contribution >= 4 is 17.7 Å². The van der Waals surface area contributed by atoms with E-state index in [4.69, 9.17) is 15.9 Å². The van der Waals surface area contributed by atoms with E-state index in [1.165, 1.54) is 0 Å². The van der Waals surface area contributed by atoms with Crippen LogP contribution in [0.15, 0.2) is 21.6 Å². The largest absolute Gasteiger partial charge is 0.468 e. The molecule has 2 atom stereocenters. The quantitative estimate of drug-likeness (QED) is 0.837. The molecule has 88 valence electrons. The van der Waals surface area contributed by atoms with Crippen molar-refractivity contribution in [1.29, 1.82) is 0 Å².